The van der Waals surface area contributed by atoms with Crippen LogP contribution in [0.1, 0.15) is 25.7 Å². The number of carbonyl (C=O) groups excluding carboxylic acids is 1. The minimum Gasteiger partial charge on any atom is -0.493 e. The number of hydrogen-bond donors (Lipinski definition) is 1. The normalized spacial score (nSPS) is 23.8. The summed E-state index contributed by atoms with van der Waals surface area (Å²) in [5, 5.41) is 12.1. The fourth-order valence-corrected chi connectivity index (χ4v) is 6.65. The third-order valence-electron chi connectivity index (χ3n) is 6.17. The van der Waals surface area contributed by atoms with Crippen LogP contribution in [0.25, 0.3) is 0 Å². The number of nitriles is 1. The van der Waals surface area contributed by atoms with Crippen LogP contribution >= 0.6 is 23.2 Å². The van der Waals surface area contributed by atoms with E-state index in [1.807, 2.05) is 0 Å². The van der Waals surface area contributed by atoms with Crippen molar-refractivity contribution in [2.24, 2.45) is 11.8 Å². The van der Waals surface area contributed by atoms with Crippen LogP contribution in [0.3, 0.4) is 0 Å². The summed E-state index contributed by atoms with van der Waals surface area (Å²) in [7, 11) is -3.74. The van der Waals surface area contributed by atoms with Crippen molar-refractivity contribution < 1.29 is 17.9 Å². The molecule has 0 unspecified atom stereocenters. The molecule has 3 atom stereocenters. The van der Waals surface area contributed by atoms with Crippen LogP contribution in [0.5, 0.6) is 5.75 Å². The molecule has 2 aromatic carbocycles. The number of carbonyl (C=O) groups is 1. The van der Waals surface area contributed by atoms with Gasteiger partial charge in [0.15, 0.2) is 9.84 Å². The van der Waals surface area contributed by atoms with Crippen LogP contribution in [-0.2, 0) is 14.6 Å². The molecule has 2 saturated carbocycles. The molecule has 1 amide bonds. The number of nitrogens with zero attached hydrogens (tertiary/aromatic N) is 1. The van der Waals surface area contributed by atoms with E-state index in [1.54, 1.807) is 42.5 Å². The Morgan fingerprint density at radius 2 is 1.81 bits per heavy atom. The van der Waals surface area contributed by atoms with E-state index < -0.39 is 26.5 Å². The van der Waals surface area contributed by atoms with Crippen LogP contribution < -0.4 is 10.1 Å². The van der Waals surface area contributed by atoms with Crippen molar-refractivity contribution in [3.05, 3.63) is 58.6 Å². The van der Waals surface area contributed by atoms with Crippen LogP contribution in [0.2, 0.25) is 10.0 Å². The highest BCUT2D eigenvalue weighted by Gasteiger charge is 2.50. The van der Waals surface area contributed by atoms with Gasteiger partial charge in [0, 0.05) is 16.9 Å². The Morgan fingerprint density at radius 3 is 2.44 bits per heavy atom. The minimum absolute atomic E-state index is 0.0702. The molecule has 168 valence electrons. The van der Waals surface area contributed by atoms with Crippen LogP contribution in [-0.4, -0.2) is 31.7 Å². The molecule has 4 rings (SSSR count). The number of nitrogens with one attached hydrogen (secondary N) is 1. The average molecular weight is 493 g/mol. The monoisotopic (exact) mass is 492 g/mol. The molecule has 2 aliphatic carbocycles. The summed E-state index contributed by atoms with van der Waals surface area (Å²) < 4.78 is 32.5. The number of hydrogen-bond acceptors (Lipinski definition) is 5. The molecule has 2 fully saturated rings. The summed E-state index contributed by atoms with van der Waals surface area (Å²) in [6.45, 7) is 0.174. The van der Waals surface area contributed by atoms with Crippen molar-refractivity contribution in [2.45, 2.75) is 41.4 Å². The quantitative estimate of drug-likeness (QED) is 0.617. The molecule has 2 aromatic rings. The molecule has 6 nitrogen and oxygen atoms in total. The number of benzene rings is 2. The van der Waals surface area contributed by atoms with Gasteiger partial charge in [-0.15, -0.1) is 0 Å². The van der Waals surface area contributed by atoms with Crippen molar-refractivity contribution in [3.8, 4) is 11.8 Å². The molecular weight excluding hydrogens is 471 g/mol. The lowest BCUT2D eigenvalue weighted by Crippen LogP contribution is -2.41. The summed E-state index contributed by atoms with van der Waals surface area (Å²) in [6, 6.07) is 15.3. The maximum Gasteiger partial charge on any atom is 0.224 e. The number of amides is 1. The lowest BCUT2D eigenvalue weighted by atomic mass is 9.95. The van der Waals surface area contributed by atoms with Gasteiger partial charge in [-0.25, -0.2) is 8.42 Å². The second-order valence-corrected chi connectivity index (χ2v) is 11.4. The Kier molecular flexibility index (Phi) is 6.39. The second-order valence-electron chi connectivity index (χ2n) is 8.38. The number of halogens is 2. The van der Waals surface area contributed by atoms with E-state index in [2.05, 4.69) is 11.4 Å². The second kappa shape index (κ2) is 8.93. The molecule has 0 bridgehead atoms. The van der Waals surface area contributed by atoms with Gasteiger partial charge in [-0.2, -0.15) is 5.26 Å². The summed E-state index contributed by atoms with van der Waals surface area (Å²) in [5.74, 6) is -0.634. The smallest absolute Gasteiger partial charge is 0.224 e. The van der Waals surface area contributed by atoms with E-state index in [1.165, 1.54) is 6.07 Å². The first-order valence-electron chi connectivity index (χ1n) is 10.3. The van der Waals surface area contributed by atoms with E-state index in [-0.39, 0.29) is 41.2 Å². The topological polar surface area (TPSA) is 96.3 Å². The fourth-order valence-electron chi connectivity index (χ4n) is 4.14. The molecule has 0 aliphatic heterocycles. The van der Waals surface area contributed by atoms with Crippen LogP contribution in [0, 0.1) is 23.2 Å². The van der Waals surface area contributed by atoms with Crippen molar-refractivity contribution in [1.29, 1.82) is 5.26 Å². The predicted molar refractivity (Wildman–Crippen MR) is 121 cm³/mol. The summed E-state index contributed by atoms with van der Waals surface area (Å²) in [4.78, 5) is 13.1. The Labute approximate surface area is 197 Å². The average Bonchev–Trinajstić information content (AvgIpc) is 3.40. The largest absolute Gasteiger partial charge is 0.493 e. The van der Waals surface area contributed by atoms with Gasteiger partial charge in [-0.3, -0.25) is 4.79 Å². The standard InChI is InChI=1S/C23H22Cl2N2O4S/c24-16-5-7-17(8-6-16)31-13-15-11-18(32(29,30)21-4-2-1-3-20(21)25)12-19(15)22(28)27-23(14-26)9-10-23/h1-8,15,18-19H,9-13H2,(H,27,28)/t15-,18+,19+/m0/s1. The summed E-state index contributed by atoms with van der Waals surface area (Å²) in [5.41, 5.74) is -0.821. The molecular formula is C23H22Cl2N2O4S. The van der Waals surface area contributed by atoms with Gasteiger partial charge in [0.05, 0.1) is 27.8 Å². The van der Waals surface area contributed by atoms with Crippen molar-refractivity contribution >= 4 is 38.9 Å². The molecule has 0 spiro atoms. The van der Waals surface area contributed by atoms with Crippen molar-refractivity contribution in [1.82, 2.24) is 5.32 Å². The highest BCUT2D eigenvalue weighted by Crippen LogP contribution is 2.42. The molecule has 9 heteroatoms. The van der Waals surface area contributed by atoms with Gasteiger partial charge in [0.25, 0.3) is 0 Å². The fraction of sp³-hybridized carbons (Fsp3) is 0.391. The lowest BCUT2D eigenvalue weighted by molar-refractivity contribution is -0.127. The SMILES string of the molecule is N#CC1(NC(=O)[C@@H]2C[C@H](S(=O)(=O)c3ccccc3Cl)C[C@H]2COc2ccc(Cl)cc2)CC1. The molecule has 0 heterocycles. The number of ether oxygens (including phenoxy) is 1. The van der Waals surface area contributed by atoms with Gasteiger partial charge < -0.3 is 10.1 Å². The van der Waals surface area contributed by atoms with E-state index >= 15 is 0 Å². The predicted octanol–water partition coefficient (Wildman–Crippen LogP) is 4.41. The molecule has 32 heavy (non-hydrogen) atoms. The van der Waals surface area contributed by atoms with Crippen molar-refractivity contribution in [3.63, 3.8) is 0 Å². The third kappa shape index (κ3) is 4.73. The van der Waals surface area contributed by atoms with E-state index in [4.69, 9.17) is 27.9 Å². The molecule has 0 radical (unpaired) electrons. The maximum absolute atomic E-state index is 13.3. The Hall–Kier alpha value is -2.27. The zero-order valence-electron chi connectivity index (χ0n) is 17.1. The van der Waals surface area contributed by atoms with Crippen molar-refractivity contribution in [2.75, 3.05) is 6.61 Å². The highest BCUT2D eigenvalue weighted by molar-refractivity contribution is 7.92. The molecule has 1 N–H and O–H groups in total. The van der Waals surface area contributed by atoms with Gasteiger partial charge in [-0.05, 0) is 62.1 Å². The van der Waals surface area contributed by atoms with Gasteiger partial charge in [0.2, 0.25) is 5.91 Å². The molecule has 0 aromatic heterocycles. The Balaban J connectivity index is 1.55. The van der Waals surface area contributed by atoms with E-state index in [9.17, 15) is 18.5 Å². The van der Waals surface area contributed by atoms with Gasteiger partial charge >= 0.3 is 0 Å². The maximum atomic E-state index is 13.3. The zero-order chi connectivity index (χ0) is 22.9. The van der Waals surface area contributed by atoms with Crippen LogP contribution in [0.4, 0.5) is 0 Å². The van der Waals surface area contributed by atoms with Crippen LogP contribution in [0.15, 0.2) is 53.4 Å². The summed E-state index contributed by atoms with van der Waals surface area (Å²) in [6.07, 6.45) is 1.62. The van der Waals surface area contributed by atoms with Gasteiger partial charge in [0.1, 0.15) is 11.3 Å². The minimum atomic E-state index is -3.74. The first-order chi connectivity index (χ1) is 15.2. The lowest BCUT2D eigenvalue weighted by Gasteiger charge is -2.21. The molecule has 2 aliphatic rings. The third-order valence-corrected chi connectivity index (χ3v) is 9.10. The highest BCUT2D eigenvalue weighted by atomic mass is 35.5. The first-order valence-corrected chi connectivity index (χ1v) is 12.6. The number of sulfone groups is 1. The summed E-state index contributed by atoms with van der Waals surface area (Å²) >= 11 is 12.1. The number of rotatable bonds is 7. The Bertz CT molecular complexity index is 1160. The first kappa shape index (κ1) is 22.9. The zero-order valence-corrected chi connectivity index (χ0v) is 19.5. The Morgan fingerprint density at radius 1 is 1.12 bits per heavy atom. The van der Waals surface area contributed by atoms with E-state index in [0.29, 0.717) is 23.6 Å². The van der Waals surface area contributed by atoms with Gasteiger partial charge in [-0.1, -0.05) is 35.3 Å². The van der Waals surface area contributed by atoms with E-state index in [0.717, 1.165) is 0 Å². The molecule has 0 saturated heterocycles.